The molecular formula is C18H32BN3O4. The molecule has 146 valence electrons. The highest BCUT2D eigenvalue weighted by Gasteiger charge is 2.54. The number of carbonyl (C=O) groups excluding carboxylic acids is 2. The lowest BCUT2D eigenvalue weighted by Gasteiger charge is -2.34. The molecule has 7 nitrogen and oxygen atoms in total. The van der Waals surface area contributed by atoms with E-state index in [9.17, 15) is 9.59 Å². The topological polar surface area (TPSA) is 79.9 Å². The Hall–Kier alpha value is -1.28. The van der Waals surface area contributed by atoms with Gasteiger partial charge in [0.1, 0.15) is 0 Å². The van der Waals surface area contributed by atoms with Crippen LogP contribution in [0, 0.1) is 5.41 Å². The summed E-state index contributed by atoms with van der Waals surface area (Å²) in [6.07, 6.45) is 2.22. The first-order valence-corrected chi connectivity index (χ1v) is 9.67. The Balaban J connectivity index is 1.48. The number of hydrogen-bond donors (Lipinski definition) is 2. The molecule has 3 amide bonds. The number of amides is 3. The lowest BCUT2D eigenvalue weighted by molar-refractivity contribution is -0.124. The first-order valence-electron chi connectivity index (χ1n) is 9.67. The Labute approximate surface area is 156 Å². The van der Waals surface area contributed by atoms with Gasteiger partial charge >= 0.3 is 13.1 Å². The van der Waals surface area contributed by atoms with E-state index in [1.807, 2.05) is 4.90 Å². The minimum absolute atomic E-state index is 0.0397. The minimum atomic E-state index is -0.340. The molecule has 3 saturated heterocycles. The van der Waals surface area contributed by atoms with E-state index >= 15 is 0 Å². The van der Waals surface area contributed by atoms with Gasteiger partial charge in [0, 0.05) is 43.8 Å². The number of piperidine rings is 1. The maximum absolute atomic E-state index is 12.6. The van der Waals surface area contributed by atoms with Gasteiger partial charge in [0.05, 0.1) is 11.2 Å². The van der Waals surface area contributed by atoms with E-state index in [4.69, 9.17) is 9.31 Å². The summed E-state index contributed by atoms with van der Waals surface area (Å²) in [7, 11) is -0.260. The molecule has 0 bridgehead atoms. The Morgan fingerprint density at radius 1 is 1.27 bits per heavy atom. The van der Waals surface area contributed by atoms with Crippen LogP contribution in [0.2, 0.25) is 5.82 Å². The molecule has 2 N–H and O–H groups in total. The maximum Gasteiger partial charge on any atom is 0.463 e. The van der Waals surface area contributed by atoms with Gasteiger partial charge in [-0.2, -0.15) is 0 Å². The average molecular weight is 365 g/mol. The third-order valence-corrected chi connectivity index (χ3v) is 6.50. The van der Waals surface area contributed by atoms with Crippen LogP contribution in [0.25, 0.3) is 0 Å². The largest absolute Gasteiger partial charge is 0.463 e. The summed E-state index contributed by atoms with van der Waals surface area (Å²) in [6, 6.07) is -0.0397. The van der Waals surface area contributed by atoms with E-state index in [-0.39, 0.29) is 41.5 Å². The van der Waals surface area contributed by atoms with Crippen LogP contribution < -0.4 is 10.6 Å². The number of rotatable bonds is 3. The van der Waals surface area contributed by atoms with E-state index in [1.54, 1.807) is 0 Å². The molecule has 3 heterocycles. The van der Waals surface area contributed by atoms with Crippen LogP contribution in [0.1, 0.15) is 53.9 Å². The van der Waals surface area contributed by atoms with E-state index in [1.165, 1.54) is 0 Å². The van der Waals surface area contributed by atoms with Gasteiger partial charge in [0.2, 0.25) is 5.91 Å². The third kappa shape index (κ3) is 3.86. The second-order valence-corrected chi connectivity index (χ2v) is 9.37. The van der Waals surface area contributed by atoms with Crippen LogP contribution in [0.5, 0.6) is 0 Å². The summed E-state index contributed by atoms with van der Waals surface area (Å²) in [4.78, 5) is 25.7. The summed E-state index contributed by atoms with van der Waals surface area (Å²) in [5.74, 6) is 0.296. The van der Waals surface area contributed by atoms with Crippen molar-refractivity contribution in [1.82, 2.24) is 15.5 Å². The van der Waals surface area contributed by atoms with Crippen molar-refractivity contribution in [2.75, 3.05) is 26.2 Å². The Bertz CT molecular complexity index is 555. The second kappa shape index (κ2) is 6.71. The van der Waals surface area contributed by atoms with Crippen molar-refractivity contribution in [1.29, 1.82) is 0 Å². The molecule has 0 aromatic heterocycles. The van der Waals surface area contributed by atoms with Crippen LogP contribution in [0.4, 0.5) is 4.79 Å². The fourth-order valence-corrected chi connectivity index (χ4v) is 3.73. The molecule has 3 aliphatic rings. The lowest BCUT2D eigenvalue weighted by Crippen LogP contribution is -2.50. The first-order chi connectivity index (χ1) is 12.0. The number of likely N-dealkylation sites (tertiary alicyclic amines) is 1. The van der Waals surface area contributed by atoms with Crippen LogP contribution in [0.15, 0.2) is 0 Å². The summed E-state index contributed by atoms with van der Waals surface area (Å²) in [5, 5.41) is 5.94. The molecule has 0 aliphatic carbocycles. The lowest BCUT2D eigenvalue weighted by atomic mass is 9.71. The molecule has 2 unspecified atom stereocenters. The molecule has 0 radical (unpaired) electrons. The fourth-order valence-electron chi connectivity index (χ4n) is 3.73. The Morgan fingerprint density at radius 2 is 1.92 bits per heavy atom. The maximum atomic E-state index is 12.6. The molecular weight excluding hydrogens is 333 g/mol. The molecule has 3 aliphatic heterocycles. The second-order valence-electron chi connectivity index (χ2n) is 9.37. The Morgan fingerprint density at radius 3 is 2.50 bits per heavy atom. The number of carbonyl (C=O) groups is 2. The van der Waals surface area contributed by atoms with Crippen molar-refractivity contribution in [3.63, 3.8) is 0 Å². The van der Waals surface area contributed by atoms with Gasteiger partial charge in [-0.25, -0.2) is 4.79 Å². The molecule has 0 aromatic rings. The Kier molecular flexibility index (Phi) is 5.03. The van der Waals surface area contributed by atoms with Crippen LogP contribution in [-0.4, -0.2) is 61.3 Å². The highest BCUT2D eigenvalue weighted by Crippen LogP contribution is 2.42. The smallest absolute Gasteiger partial charge is 0.403 e. The predicted octanol–water partition coefficient (Wildman–Crippen LogP) is 1.78. The van der Waals surface area contributed by atoms with Gasteiger partial charge in [-0.1, -0.05) is 6.92 Å². The van der Waals surface area contributed by atoms with Gasteiger partial charge in [-0.05, 0) is 40.5 Å². The van der Waals surface area contributed by atoms with Crippen molar-refractivity contribution in [2.45, 2.75) is 70.9 Å². The van der Waals surface area contributed by atoms with Crippen molar-refractivity contribution in [2.24, 2.45) is 5.41 Å². The zero-order chi connectivity index (χ0) is 19.2. The van der Waals surface area contributed by atoms with Crippen LogP contribution >= 0.6 is 0 Å². The highest BCUT2D eigenvalue weighted by molar-refractivity contribution is 6.47. The fraction of sp³-hybridized carbons (Fsp3) is 0.889. The molecule has 8 heteroatoms. The van der Waals surface area contributed by atoms with Crippen molar-refractivity contribution in [3.8, 4) is 0 Å². The van der Waals surface area contributed by atoms with E-state index in [2.05, 4.69) is 45.3 Å². The van der Waals surface area contributed by atoms with E-state index in [0.29, 0.717) is 32.6 Å². The summed E-state index contributed by atoms with van der Waals surface area (Å²) >= 11 is 0. The van der Waals surface area contributed by atoms with Gasteiger partial charge < -0.3 is 24.8 Å². The van der Waals surface area contributed by atoms with Gasteiger partial charge in [0.15, 0.2) is 0 Å². The standard InChI is InChI=1S/C18H32BN3O4/c1-16(2)17(3,4)26-19(25-16)13-7-9-22(10-13)15(24)21-12-18(5)8-6-14(23)20-11-18/h13H,6-12H2,1-5H3,(H,20,23)(H,21,24). The zero-order valence-electron chi connectivity index (χ0n) is 16.7. The van der Waals surface area contributed by atoms with Gasteiger partial charge in [-0.15, -0.1) is 0 Å². The molecule has 3 fully saturated rings. The van der Waals surface area contributed by atoms with Crippen LogP contribution in [0.3, 0.4) is 0 Å². The van der Waals surface area contributed by atoms with E-state index in [0.717, 1.165) is 12.8 Å². The van der Waals surface area contributed by atoms with Crippen molar-refractivity contribution < 1.29 is 18.9 Å². The molecule has 0 spiro atoms. The highest BCUT2D eigenvalue weighted by atomic mass is 16.7. The number of nitrogens with one attached hydrogen (secondary N) is 2. The summed E-state index contributed by atoms with van der Waals surface area (Å²) < 4.78 is 12.3. The third-order valence-electron chi connectivity index (χ3n) is 6.50. The summed E-state index contributed by atoms with van der Waals surface area (Å²) in [5.41, 5.74) is -0.755. The van der Waals surface area contributed by atoms with Gasteiger partial charge in [-0.3, -0.25) is 4.79 Å². The predicted molar refractivity (Wildman–Crippen MR) is 99.8 cm³/mol. The minimum Gasteiger partial charge on any atom is -0.403 e. The monoisotopic (exact) mass is 365 g/mol. The van der Waals surface area contributed by atoms with Crippen molar-refractivity contribution in [3.05, 3.63) is 0 Å². The van der Waals surface area contributed by atoms with Crippen LogP contribution in [-0.2, 0) is 14.1 Å². The van der Waals surface area contributed by atoms with Gasteiger partial charge in [0.25, 0.3) is 0 Å². The quantitative estimate of drug-likeness (QED) is 0.748. The molecule has 3 rings (SSSR count). The first kappa shape index (κ1) is 19.5. The number of nitrogens with zero attached hydrogens (tertiary/aromatic N) is 1. The molecule has 0 saturated carbocycles. The summed E-state index contributed by atoms with van der Waals surface area (Å²) in [6.45, 7) is 12.9. The van der Waals surface area contributed by atoms with E-state index < -0.39 is 0 Å². The zero-order valence-corrected chi connectivity index (χ0v) is 16.7. The molecule has 2 atom stereocenters. The number of hydrogen-bond acceptors (Lipinski definition) is 4. The molecule has 26 heavy (non-hydrogen) atoms. The number of urea groups is 1. The normalized spacial score (nSPS) is 33.3. The van der Waals surface area contributed by atoms with Crippen molar-refractivity contribution >= 4 is 19.1 Å². The average Bonchev–Trinajstić information content (AvgIpc) is 3.12. The SMILES string of the molecule is CC1(CNC(=O)N2CCC(B3OC(C)(C)C(C)(C)O3)C2)CCC(=O)NC1. The molecule has 0 aromatic carbocycles.